The van der Waals surface area contributed by atoms with Gasteiger partial charge in [0, 0.05) is 19.9 Å². The van der Waals surface area contributed by atoms with Gasteiger partial charge in [-0.2, -0.15) is 4.74 Å². The SMILES string of the molecule is CC1(C)C(/C=C/c2ccccc2)=[N+]([O-])C(C)(C)N1O. The Hall–Kier alpha value is -1.65. The Kier molecular flexibility index (Phi) is 3.24. The molecule has 0 aromatic heterocycles. The molecule has 0 bridgehead atoms. The molecule has 0 unspecified atom stereocenters. The second kappa shape index (κ2) is 4.47. The fourth-order valence-electron chi connectivity index (χ4n) is 2.43. The number of nitrogens with zero attached hydrogens (tertiary/aromatic N) is 2. The van der Waals surface area contributed by atoms with Crippen LogP contribution < -0.4 is 0 Å². The zero-order chi connectivity index (χ0) is 14.3. The Labute approximate surface area is 113 Å². The van der Waals surface area contributed by atoms with Crippen molar-refractivity contribution in [3.05, 3.63) is 47.2 Å². The third kappa shape index (κ3) is 2.17. The molecule has 1 heterocycles. The predicted octanol–water partition coefficient (Wildman–Crippen LogP) is 2.87. The van der Waals surface area contributed by atoms with Gasteiger partial charge in [0.15, 0.2) is 0 Å². The molecule has 0 spiro atoms. The second-order valence-electron chi connectivity index (χ2n) is 5.79. The summed E-state index contributed by atoms with van der Waals surface area (Å²) in [6.07, 6.45) is 3.66. The van der Waals surface area contributed by atoms with E-state index < -0.39 is 11.2 Å². The number of hydrogen-bond acceptors (Lipinski definition) is 3. The smallest absolute Gasteiger partial charge is 0.245 e. The van der Waals surface area contributed by atoms with E-state index in [0.29, 0.717) is 5.71 Å². The molecular weight excluding hydrogens is 240 g/mol. The first-order chi connectivity index (χ1) is 8.78. The van der Waals surface area contributed by atoms with E-state index in [2.05, 4.69) is 0 Å². The molecule has 1 aliphatic heterocycles. The molecule has 0 saturated heterocycles. The zero-order valence-corrected chi connectivity index (χ0v) is 11.8. The summed E-state index contributed by atoms with van der Waals surface area (Å²) in [5, 5.41) is 23.6. The lowest BCUT2D eigenvalue weighted by Crippen LogP contribution is -2.51. The highest BCUT2D eigenvalue weighted by Crippen LogP contribution is 2.32. The van der Waals surface area contributed by atoms with Crippen LogP contribution in [0.15, 0.2) is 36.4 Å². The fraction of sp³-hybridized carbons (Fsp3) is 0.400. The van der Waals surface area contributed by atoms with Crippen LogP contribution in [-0.2, 0) is 0 Å². The summed E-state index contributed by atoms with van der Waals surface area (Å²) in [5.74, 6) is 0. The molecule has 4 heteroatoms. The monoisotopic (exact) mass is 260 g/mol. The van der Waals surface area contributed by atoms with E-state index in [1.54, 1.807) is 19.9 Å². The standard InChI is InChI=1S/C15H20N2O2/c1-14(2)13(16(18)15(3,4)17(14)19)11-10-12-8-6-5-7-9-12/h5-11,19H,1-4H3/b11-10+. The summed E-state index contributed by atoms with van der Waals surface area (Å²) in [6.45, 7) is 7.06. The maximum atomic E-state index is 12.3. The topological polar surface area (TPSA) is 49.5 Å². The van der Waals surface area contributed by atoms with Crippen molar-refractivity contribution in [1.82, 2.24) is 5.06 Å². The fourth-order valence-corrected chi connectivity index (χ4v) is 2.43. The van der Waals surface area contributed by atoms with Gasteiger partial charge in [0.05, 0.1) is 0 Å². The van der Waals surface area contributed by atoms with Gasteiger partial charge in [0.1, 0.15) is 5.54 Å². The first kappa shape index (κ1) is 13.8. The van der Waals surface area contributed by atoms with Crippen LogP contribution in [0.2, 0.25) is 0 Å². The van der Waals surface area contributed by atoms with E-state index in [1.807, 2.05) is 50.3 Å². The number of benzene rings is 1. The van der Waals surface area contributed by atoms with Gasteiger partial charge < -0.3 is 10.4 Å². The van der Waals surface area contributed by atoms with E-state index in [-0.39, 0.29) is 0 Å². The van der Waals surface area contributed by atoms with Crippen LogP contribution in [0.1, 0.15) is 33.3 Å². The van der Waals surface area contributed by atoms with Crippen LogP contribution in [0.3, 0.4) is 0 Å². The molecule has 1 aromatic rings. The van der Waals surface area contributed by atoms with Gasteiger partial charge in [0.2, 0.25) is 11.4 Å². The average molecular weight is 260 g/mol. The number of hydroxylamine groups is 3. The number of hydrogen-bond donors (Lipinski definition) is 1. The van der Waals surface area contributed by atoms with Crippen molar-refractivity contribution in [3.8, 4) is 0 Å². The molecule has 2 rings (SSSR count). The summed E-state index contributed by atoms with van der Waals surface area (Å²) in [6, 6.07) is 9.78. The zero-order valence-electron chi connectivity index (χ0n) is 11.8. The van der Waals surface area contributed by atoms with Gasteiger partial charge in [-0.15, -0.1) is 5.06 Å². The van der Waals surface area contributed by atoms with Gasteiger partial charge in [0.25, 0.3) is 0 Å². The van der Waals surface area contributed by atoms with Crippen molar-refractivity contribution in [1.29, 1.82) is 0 Å². The Morgan fingerprint density at radius 3 is 2.16 bits per heavy atom. The van der Waals surface area contributed by atoms with E-state index in [1.165, 1.54) is 0 Å². The molecule has 1 N–H and O–H groups in total. The molecule has 1 aliphatic rings. The van der Waals surface area contributed by atoms with Crippen molar-refractivity contribution in [3.63, 3.8) is 0 Å². The molecule has 0 amide bonds. The average Bonchev–Trinajstić information content (AvgIpc) is 2.48. The quantitative estimate of drug-likeness (QED) is 0.657. The van der Waals surface area contributed by atoms with Crippen LogP contribution in [0.5, 0.6) is 0 Å². The van der Waals surface area contributed by atoms with Crippen LogP contribution in [0, 0.1) is 5.21 Å². The van der Waals surface area contributed by atoms with Crippen molar-refractivity contribution in [2.24, 2.45) is 0 Å². The lowest BCUT2D eigenvalue weighted by molar-refractivity contribution is -0.580. The minimum atomic E-state index is -0.958. The van der Waals surface area contributed by atoms with Crippen molar-refractivity contribution < 1.29 is 9.95 Å². The summed E-state index contributed by atoms with van der Waals surface area (Å²) in [5.41, 5.74) is -0.103. The molecule has 0 radical (unpaired) electrons. The minimum Gasteiger partial charge on any atom is -0.622 e. The summed E-state index contributed by atoms with van der Waals surface area (Å²) in [7, 11) is 0. The molecule has 0 fully saturated rings. The van der Waals surface area contributed by atoms with Crippen LogP contribution in [0.4, 0.5) is 0 Å². The predicted molar refractivity (Wildman–Crippen MR) is 75.9 cm³/mol. The van der Waals surface area contributed by atoms with Crippen LogP contribution in [0.25, 0.3) is 6.08 Å². The normalized spacial score (nSPS) is 22.4. The molecule has 4 nitrogen and oxygen atoms in total. The van der Waals surface area contributed by atoms with E-state index in [4.69, 9.17) is 0 Å². The first-order valence-corrected chi connectivity index (χ1v) is 6.35. The Bertz CT molecular complexity index is 530. The highest BCUT2D eigenvalue weighted by molar-refractivity contribution is 6.02. The van der Waals surface area contributed by atoms with Gasteiger partial charge in [-0.05, 0) is 25.5 Å². The van der Waals surface area contributed by atoms with Crippen molar-refractivity contribution in [2.75, 3.05) is 0 Å². The highest BCUT2D eigenvalue weighted by atomic mass is 16.6. The molecule has 0 saturated carbocycles. The van der Waals surface area contributed by atoms with Crippen molar-refractivity contribution in [2.45, 2.75) is 38.9 Å². The molecule has 102 valence electrons. The second-order valence-corrected chi connectivity index (χ2v) is 5.79. The Morgan fingerprint density at radius 2 is 1.68 bits per heavy atom. The van der Waals surface area contributed by atoms with E-state index >= 15 is 0 Å². The maximum absolute atomic E-state index is 12.3. The summed E-state index contributed by atoms with van der Waals surface area (Å²) < 4.78 is 0.867. The third-order valence-electron chi connectivity index (χ3n) is 3.62. The van der Waals surface area contributed by atoms with Gasteiger partial charge in [-0.25, -0.2) is 0 Å². The lowest BCUT2D eigenvalue weighted by atomic mass is 9.97. The Balaban J connectivity index is 2.39. The molecule has 19 heavy (non-hydrogen) atoms. The highest BCUT2D eigenvalue weighted by Gasteiger charge is 2.55. The molecule has 1 aromatic carbocycles. The van der Waals surface area contributed by atoms with Gasteiger partial charge in [-0.1, -0.05) is 30.3 Å². The molecule has 0 aliphatic carbocycles. The van der Waals surface area contributed by atoms with Gasteiger partial charge >= 0.3 is 0 Å². The molecular formula is C15H20N2O2. The molecule has 0 atom stereocenters. The number of rotatable bonds is 2. The minimum absolute atomic E-state index is 0.545. The third-order valence-corrected chi connectivity index (χ3v) is 3.62. The van der Waals surface area contributed by atoms with Gasteiger partial charge in [-0.3, -0.25) is 0 Å². The summed E-state index contributed by atoms with van der Waals surface area (Å²) in [4.78, 5) is 0. The maximum Gasteiger partial charge on any atom is 0.245 e. The van der Waals surface area contributed by atoms with E-state index in [9.17, 15) is 10.4 Å². The van der Waals surface area contributed by atoms with Crippen molar-refractivity contribution >= 4 is 11.8 Å². The summed E-state index contributed by atoms with van der Waals surface area (Å²) >= 11 is 0. The first-order valence-electron chi connectivity index (χ1n) is 6.35. The largest absolute Gasteiger partial charge is 0.622 e. The van der Waals surface area contributed by atoms with E-state index in [0.717, 1.165) is 15.4 Å². The lowest BCUT2D eigenvalue weighted by Gasteiger charge is -2.29. The Morgan fingerprint density at radius 1 is 1.11 bits per heavy atom. The van der Waals surface area contributed by atoms with Crippen LogP contribution in [-0.4, -0.2) is 31.9 Å². The van der Waals surface area contributed by atoms with Crippen LogP contribution >= 0.6 is 0 Å².